The minimum Gasteiger partial charge on any atom is -0.394 e. The largest absolute Gasteiger partial charge is 0.394 e. The fourth-order valence-electron chi connectivity index (χ4n) is 5.93. The van der Waals surface area contributed by atoms with Gasteiger partial charge in [-0.05, 0) is 47.1 Å². The van der Waals surface area contributed by atoms with E-state index in [1.165, 1.54) is 0 Å². The van der Waals surface area contributed by atoms with Gasteiger partial charge in [-0.3, -0.25) is 14.4 Å². The highest BCUT2D eigenvalue weighted by atomic mass is 16.3. The third-order valence-corrected chi connectivity index (χ3v) is 8.39. The molecule has 0 bridgehead atoms. The normalized spacial score (nSPS) is 24.0. The molecule has 202 valence electrons. The third kappa shape index (κ3) is 5.26. The molecule has 1 saturated carbocycles. The van der Waals surface area contributed by atoms with Crippen LogP contribution in [0.25, 0.3) is 10.9 Å². The molecule has 1 aromatic heterocycles. The number of fused-ring (bicyclic) bond motifs is 2. The lowest BCUT2D eigenvalue weighted by Crippen LogP contribution is -2.58. The van der Waals surface area contributed by atoms with Gasteiger partial charge in [0.1, 0.15) is 17.8 Å². The van der Waals surface area contributed by atoms with E-state index in [0.717, 1.165) is 10.9 Å². The fourth-order valence-corrected chi connectivity index (χ4v) is 5.93. The maximum absolute atomic E-state index is 13.9. The number of amides is 3. The summed E-state index contributed by atoms with van der Waals surface area (Å²) in [4.78, 5) is 45.5. The van der Waals surface area contributed by atoms with Crippen LogP contribution in [0.15, 0.2) is 30.3 Å². The average Bonchev–Trinajstić information content (AvgIpc) is 3.21. The Morgan fingerprint density at radius 1 is 1.16 bits per heavy atom. The molecule has 4 N–H and O–H groups in total. The average molecular weight is 511 g/mol. The quantitative estimate of drug-likeness (QED) is 0.436. The first-order valence-electron chi connectivity index (χ1n) is 13.4. The van der Waals surface area contributed by atoms with E-state index in [0.29, 0.717) is 18.7 Å². The Balaban J connectivity index is 1.56. The molecular formula is C29H42N4O4. The molecule has 2 fully saturated rings. The zero-order valence-corrected chi connectivity index (χ0v) is 23.1. The van der Waals surface area contributed by atoms with E-state index in [9.17, 15) is 19.5 Å². The lowest BCUT2D eigenvalue weighted by molar-refractivity contribution is -0.142. The Morgan fingerprint density at radius 2 is 1.84 bits per heavy atom. The van der Waals surface area contributed by atoms with Gasteiger partial charge < -0.3 is 25.6 Å². The molecule has 1 aliphatic carbocycles. The van der Waals surface area contributed by atoms with Crippen LogP contribution in [0.4, 0.5) is 0 Å². The Kier molecular flexibility index (Phi) is 7.18. The molecule has 2 heterocycles. The van der Waals surface area contributed by atoms with Crippen molar-refractivity contribution in [2.75, 3.05) is 13.2 Å². The number of piperidine rings is 1. The first kappa shape index (κ1) is 27.2. The van der Waals surface area contributed by atoms with Gasteiger partial charge in [-0.1, -0.05) is 66.7 Å². The van der Waals surface area contributed by atoms with Crippen molar-refractivity contribution in [3.05, 3.63) is 36.0 Å². The molecule has 0 spiro atoms. The molecule has 1 aliphatic heterocycles. The molecular weight excluding hydrogens is 468 g/mol. The van der Waals surface area contributed by atoms with E-state index in [1.807, 2.05) is 58.9 Å². The first-order chi connectivity index (χ1) is 17.3. The van der Waals surface area contributed by atoms with E-state index < -0.39 is 18.1 Å². The predicted octanol–water partition coefficient (Wildman–Crippen LogP) is 3.32. The van der Waals surface area contributed by atoms with Gasteiger partial charge in [-0.15, -0.1) is 0 Å². The SMILES string of the molecule is CC(C)C[C@H](NC(=O)c1cc2ccccc2[nH]1)C(=O)N1C[C@H]2[C@@H]([C@H]1C(=O)N[C@H](CO)C(C)(C)C)C2(C)C. The number of hydrogen-bond acceptors (Lipinski definition) is 4. The Hall–Kier alpha value is -2.87. The van der Waals surface area contributed by atoms with Crippen LogP contribution in [-0.4, -0.2) is 64.0 Å². The standard InChI is InChI=1S/C29H42N4O4/c1-16(2)12-21(31-25(35)20-13-17-10-8-9-11-19(17)30-20)27(37)33-14-18-23(29(18,6)7)24(33)26(36)32-22(15-34)28(3,4)5/h8-11,13,16,18,21-24,30,34H,12,14-15H2,1-7H3,(H,31,35)(H,32,36)/t18-,21-,22+,23-,24-/m0/s1. The molecule has 1 saturated heterocycles. The van der Waals surface area contributed by atoms with Crippen LogP contribution >= 0.6 is 0 Å². The van der Waals surface area contributed by atoms with Crippen molar-refractivity contribution in [2.24, 2.45) is 28.6 Å². The molecule has 1 aromatic carbocycles. The fraction of sp³-hybridized carbons (Fsp3) is 0.621. The van der Waals surface area contributed by atoms with E-state index in [-0.39, 0.29) is 52.9 Å². The zero-order valence-electron chi connectivity index (χ0n) is 23.1. The number of nitrogens with one attached hydrogen (secondary N) is 3. The minimum absolute atomic E-state index is 0.0314. The molecule has 2 aromatic rings. The summed E-state index contributed by atoms with van der Waals surface area (Å²) < 4.78 is 0. The van der Waals surface area contributed by atoms with E-state index in [4.69, 9.17) is 0 Å². The van der Waals surface area contributed by atoms with Crippen molar-refractivity contribution in [1.29, 1.82) is 0 Å². The number of para-hydroxylation sites is 1. The van der Waals surface area contributed by atoms with E-state index >= 15 is 0 Å². The molecule has 8 heteroatoms. The van der Waals surface area contributed by atoms with Crippen molar-refractivity contribution in [3.8, 4) is 0 Å². The lowest BCUT2D eigenvalue weighted by atomic mass is 9.87. The van der Waals surface area contributed by atoms with Crippen molar-refractivity contribution in [3.63, 3.8) is 0 Å². The minimum atomic E-state index is -0.744. The van der Waals surface area contributed by atoms with Gasteiger partial charge in [0, 0.05) is 17.4 Å². The number of rotatable bonds is 8. The van der Waals surface area contributed by atoms with Crippen molar-refractivity contribution in [2.45, 2.75) is 73.0 Å². The van der Waals surface area contributed by atoms with Gasteiger partial charge in [-0.25, -0.2) is 0 Å². The summed E-state index contributed by atoms with van der Waals surface area (Å²) >= 11 is 0. The molecule has 5 atom stereocenters. The summed E-state index contributed by atoms with van der Waals surface area (Å²) in [6.45, 7) is 14.5. The summed E-state index contributed by atoms with van der Waals surface area (Å²) in [6.07, 6.45) is 0.468. The third-order valence-electron chi connectivity index (χ3n) is 8.39. The lowest BCUT2D eigenvalue weighted by Gasteiger charge is -2.36. The molecule has 4 rings (SSSR count). The number of benzene rings is 1. The van der Waals surface area contributed by atoms with Gasteiger partial charge in [-0.2, -0.15) is 0 Å². The monoisotopic (exact) mass is 510 g/mol. The number of aliphatic hydroxyl groups excluding tert-OH is 1. The van der Waals surface area contributed by atoms with Crippen LogP contribution in [-0.2, 0) is 9.59 Å². The Labute approximate surface area is 219 Å². The summed E-state index contributed by atoms with van der Waals surface area (Å²) in [5.41, 5.74) is 0.897. The Bertz CT molecular complexity index is 1150. The highest BCUT2D eigenvalue weighted by Crippen LogP contribution is 2.65. The maximum Gasteiger partial charge on any atom is 0.268 e. The number of aromatic amines is 1. The second-order valence-corrected chi connectivity index (χ2v) is 12.9. The van der Waals surface area contributed by atoms with Crippen LogP contribution < -0.4 is 10.6 Å². The molecule has 0 radical (unpaired) electrons. The van der Waals surface area contributed by atoms with Crippen molar-refractivity contribution in [1.82, 2.24) is 20.5 Å². The van der Waals surface area contributed by atoms with Crippen LogP contribution in [0.5, 0.6) is 0 Å². The van der Waals surface area contributed by atoms with Crippen LogP contribution in [0.3, 0.4) is 0 Å². The summed E-state index contributed by atoms with van der Waals surface area (Å²) in [5.74, 6) is -0.340. The van der Waals surface area contributed by atoms with Crippen LogP contribution in [0, 0.1) is 28.6 Å². The summed E-state index contributed by atoms with van der Waals surface area (Å²) in [7, 11) is 0. The van der Waals surface area contributed by atoms with Gasteiger partial charge in [0.05, 0.1) is 12.6 Å². The van der Waals surface area contributed by atoms with Crippen LogP contribution in [0.2, 0.25) is 0 Å². The predicted molar refractivity (Wildman–Crippen MR) is 144 cm³/mol. The molecule has 37 heavy (non-hydrogen) atoms. The maximum atomic E-state index is 13.9. The highest BCUT2D eigenvalue weighted by Gasteiger charge is 2.69. The smallest absolute Gasteiger partial charge is 0.268 e. The highest BCUT2D eigenvalue weighted by molar-refractivity contribution is 6.01. The second kappa shape index (κ2) is 9.78. The Morgan fingerprint density at radius 3 is 2.43 bits per heavy atom. The topological polar surface area (TPSA) is 115 Å². The van der Waals surface area contributed by atoms with E-state index in [2.05, 4.69) is 29.5 Å². The van der Waals surface area contributed by atoms with Gasteiger partial charge in [0.25, 0.3) is 5.91 Å². The number of aliphatic hydroxyl groups is 1. The molecule has 8 nitrogen and oxygen atoms in total. The zero-order chi connectivity index (χ0) is 27.3. The van der Waals surface area contributed by atoms with Gasteiger partial charge >= 0.3 is 0 Å². The molecule has 3 amide bonds. The second-order valence-electron chi connectivity index (χ2n) is 12.9. The number of hydrogen-bond donors (Lipinski definition) is 4. The molecule has 2 aliphatic rings. The van der Waals surface area contributed by atoms with E-state index in [1.54, 1.807) is 11.0 Å². The van der Waals surface area contributed by atoms with Gasteiger partial charge in [0.2, 0.25) is 11.8 Å². The van der Waals surface area contributed by atoms with Gasteiger partial charge in [0.15, 0.2) is 0 Å². The number of carbonyl (C=O) groups is 3. The number of nitrogens with zero attached hydrogens (tertiary/aromatic N) is 1. The molecule has 0 unspecified atom stereocenters. The van der Waals surface area contributed by atoms with Crippen molar-refractivity contribution >= 4 is 28.6 Å². The number of aromatic nitrogens is 1. The number of carbonyl (C=O) groups excluding carboxylic acids is 3. The summed E-state index contributed by atoms with van der Waals surface area (Å²) in [5, 5.41) is 16.8. The van der Waals surface area contributed by atoms with Crippen molar-refractivity contribution < 1.29 is 19.5 Å². The first-order valence-corrected chi connectivity index (χ1v) is 13.4. The number of likely N-dealkylation sites (tertiary alicyclic amines) is 1. The number of H-pyrrole nitrogens is 1. The van der Waals surface area contributed by atoms with Crippen LogP contribution in [0.1, 0.15) is 65.4 Å². The summed E-state index contributed by atoms with van der Waals surface area (Å²) in [6, 6.07) is 7.64.